The van der Waals surface area contributed by atoms with Gasteiger partial charge in [-0.3, -0.25) is 4.79 Å². The summed E-state index contributed by atoms with van der Waals surface area (Å²) in [7, 11) is 0. The lowest BCUT2D eigenvalue weighted by Crippen LogP contribution is -2.08. The molecule has 0 spiro atoms. The summed E-state index contributed by atoms with van der Waals surface area (Å²) in [5.74, 6) is -0.0216. The fourth-order valence-electron chi connectivity index (χ4n) is 1.48. The molecule has 0 aliphatic carbocycles. The molecule has 0 radical (unpaired) electrons. The summed E-state index contributed by atoms with van der Waals surface area (Å²) in [6.07, 6.45) is 0. The Hall–Kier alpha value is -2.62. The van der Waals surface area contributed by atoms with Crippen molar-refractivity contribution >= 4 is 11.9 Å². The maximum atomic E-state index is 11.8. The van der Waals surface area contributed by atoms with Crippen molar-refractivity contribution in [3.63, 3.8) is 0 Å². The molecule has 0 aliphatic rings. The summed E-state index contributed by atoms with van der Waals surface area (Å²) in [6, 6.07) is 15.0. The fraction of sp³-hybridized carbons (Fsp3) is 0.0667. The lowest BCUT2D eigenvalue weighted by atomic mass is 10.2. The highest BCUT2D eigenvalue weighted by Crippen LogP contribution is 2.18. The minimum Gasteiger partial charge on any atom is -0.427 e. The van der Waals surface area contributed by atoms with Gasteiger partial charge in [-0.25, -0.2) is 4.79 Å². The molecule has 2 aromatic rings. The summed E-state index contributed by atoms with van der Waals surface area (Å²) in [5.41, 5.74) is 0.478. The van der Waals surface area contributed by atoms with Gasteiger partial charge in [0.1, 0.15) is 11.5 Å². The quantitative estimate of drug-likeness (QED) is 0.626. The molecule has 0 bridgehead atoms. The third kappa shape index (κ3) is 3.67. The van der Waals surface area contributed by atoms with Gasteiger partial charge in [-0.15, -0.1) is 0 Å². The minimum atomic E-state index is -0.430. The average molecular weight is 256 g/mol. The highest BCUT2D eigenvalue weighted by molar-refractivity contribution is 5.90. The predicted octanol–water partition coefficient (Wildman–Crippen LogP) is 2.83. The first-order valence-electron chi connectivity index (χ1n) is 5.71. The van der Waals surface area contributed by atoms with Crippen molar-refractivity contribution in [3.8, 4) is 11.5 Å². The highest BCUT2D eigenvalue weighted by Gasteiger charge is 2.07. The van der Waals surface area contributed by atoms with Gasteiger partial charge < -0.3 is 9.47 Å². The normalized spacial score (nSPS) is 9.74. The Kier molecular flexibility index (Phi) is 3.93. The summed E-state index contributed by atoms with van der Waals surface area (Å²) < 4.78 is 10.1. The van der Waals surface area contributed by atoms with Crippen LogP contribution in [0, 0.1) is 0 Å². The number of carbonyl (C=O) groups excluding carboxylic acids is 2. The first kappa shape index (κ1) is 12.8. The Labute approximate surface area is 110 Å². The van der Waals surface area contributed by atoms with Crippen LogP contribution in [0.25, 0.3) is 0 Å². The van der Waals surface area contributed by atoms with Gasteiger partial charge in [0.2, 0.25) is 0 Å². The maximum Gasteiger partial charge on any atom is 0.343 e. The molecule has 2 aromatic carbocycles. The molecule has 0 aliphatic heterocycles. The summed E-state index contributed by atoms with van der Waals surface area (Å²) in [4.78, 5) is 22.5. The summed E-state index contributed by atoms with van der Waals surface area (Å²) in [5, 5.41) is 0. The van der Waals surface area contributed by atoms with Gasteiger partial charge in [0, 0.05) is 6.92 Å². The number of carbonyl (C=O) groups is 2. The van der Waals surface area contributed by atoms with Gasteiger partial charge in [-0.2, -0.15) is 0 Å². The molecule has 19 heavy (non-hydrogen) atoms. The Morgan fingerprint density at radius 1 is 0.789 bits per heavy atom. The number of esters is 2. The Bertz CT molecular complexity index is 573. The Morgan fingerprint density at radius 3 is 1.84 bits per heavy atom. The van der Waals surface area contributed by atoms with E-state index in [0.29, 0.717) is 17.1 Å². The van der Waals surface area contributed by atoms with E-state index in [9.17, 15) is 9.59 Å². The van der Waals surface area contributed by atoms with Crippen LogP contribution in [-0.2, 0) is 4.79 Å². The zero-order chi connectivity index (χ0) is 13.7. The van der Waals surface area contributed by atoms with Crippen molar-refractivity contribution in [2.75, 3.05) is 0 Å². The lowest BCUT2D eigenvalue weighted by Gasteiger charge is -2.05. The van der Waals surface area contributed by atoms with Crippen LogP contribution >= 0.6 is 0 Å². The van der Waals surface area contributed by atoms with Crippen LogP contribution in [0.1, 0.15) is 17.3 Å². The zero-order valence-electron chi connectivity index (χ0n) is 10.3. The zero-order valence-corrected chi connectivity index (χ0v) is 10.3. The highest BCUT2D eigenvalue weighted by atomic mass is 16.5. The van der Waals surface area contributed by atoms with Crippen molar-refractivity contribution < 1.29 is 19.1 Å². The lowest BCUT2D eigenvalue weighted by molar-refractivity contribution is -0.131. The van der Waals surface area contributed by atoms with Crippen LogP contribution in [0.2, 0.25) is 0 Å². The second kappa shape index (κ2) is 5.82. The molecule has 0 saturated carbocycles. The second-order valence-electron chi connectivity index (χ2n) is 3.82. The first-order valence-corrected chi connectivity index (χ1v) is 5.71. The van der Waals surface area contributed by atoms with Crippen LogP contribution in [0.15, 0.2) is 54.6 Å². The predicted molar refractivity (Wildman–Crippen MR) is 69.2 cm³/mol. The third-order valence-corrected chi connectivity index (χ3v) is 2.31. The smallest absolute Gasteiger partial charge is 0.343 e. The third-order valence-electron chi connectivity index (χ3n) is 2.31. The molecule has 0 saturated heterocycles. The largest absolute Gasteiger partial charge is 0.427 e. The van der Waals surface area contributed by atoms with E-state index < -0.39 is 11.9 Å². The van der Waals surface area contributed by atoms with Crippen LogP contribution in [0.5, 0.6) is 11.5 Å². The molecule has 96 valence electrons. The van der Waals surface area contributed by atoms with Crippen molar-refractivity contribution in [1.29, 1.82) is 0 Å². The van der Waals surface area contributed by atoms with Crippen molar-refractivity contribution in [3.05, 3.63) is 60.2 Å². The molecular formula is C15H12O4. The fourth-order valence-corrected chi connectivity index (χ4v) is 1.48. The number of ether oxygens (including phenoxy) is 2. The molecule has 4 nitrogen and oxygen atoms in total. The van der Waals surface area contributed by atoms with Gasteiger partial charge in [0.05, 0.1) is 5.56 Å². The Balaban J connectivity index is 2.04. The molecule has 4 heteroatoms. The van der Waals surface area contributed by atoms with Crippen LogP contribution in [0.4, 0.5) is 0 Å². The molecule has 0 N–H and O–H groups in total. The van der Waals surface area contributed by atoms with Crippen LogP contribution < -0.4 is 9.47 Å². The molecule has 0 aromatic heterocycles. The second-order valence-corrected chi connectivity index (χ2v) is 3.82. The van der Waals surface area contributed by atoms with E-state index in [0.717, 1.165) is 0 Å². The van der Waals surface area contributed by atoms with Gasteiger partial charge in [0.15, 0.2) is 0 Å². The first-order chi connectivity index (χ1) is 9.15. The van der Waals surface area contributed by atoms with Gasteiger partial charge in [0.25, 0.3) is 0 Å². The van der Waals surface area contributed by atoms with E-state index in [1.165, 1.54) is 6.92 Å². The average Bonchev–Trinajstić information content (AvgIpc) is 2.41. The molecular weight excluding hydrogens is 244 g/mol. The van der Waals surface area contributed by atoms with Gasteiger partial charge >= 0.3 is 11.9 Å². The molecule has 0 amide bonds. The summed E-state index contributed by atoms with van der Waals surface area (Å²) >= 11 is 0. The van der Waals surface area contributed by atoms with E-state index >= 15 is 0 Å². The number of hydrogen-bond acceptors (Lipinski definition) is 4. The number of hydrogen-bond donors (Lipinski definition) is 0. The van der Waals surface area contributed by atoms with Crippen LogP contribution in [-0.4, -0.2) is 11.9 Å². The van der Waals surface area contributed by atoms with E-state index in [1.54, 1.807) is 48.5 Å². The van der Waals surface area contributed by atoms with E-state index in [2.05, 4.69) is 0 Å². The topological polar surface area (TPSA) is 52.6 Å². The molecule has 0 heterocycles. The molecule has 0 fully saturated rings. The standard InChI is InChI=1S/C15H12O4/c1-11(16)18-13-7-9-14(10-8-13)19-15(17)12-5-3-2-4-6-12/h2-10H,1H3. The van der Waals surface area contributed by atoms with Crippen molar-refractivity contribution in [2.45, 2.75) is 6.92 Å². The van der Waals surface area contributed by atoms with Gasteiger partial charge in [-0.1, -0.05) is 18.2 Å². The monoisotopic (exact) mass is 256 g/mol. The van der Waals surface area contributed by atoms with Crippen LogP contribution in [0.3, 0.4) is 0 Å². The van der Waals surface area contributed by atoms with E-state index in [-0.39, 0.29) is 0 Å². The Morgan fingerprint density at radius 2 is 1.32 bits per heavy atom. The molecule has 0 atom stereocenters. The minimum absolute atomic E-state index is 0.393. The van der Waals surface area contributed by atoms with E-state index in [1.807, 2.05) is 6.07 Å². The summed E-state index contributed by atoms with van der Waals surface area (Å²) in [6.45, 7) is 1.32. The van der Waals surface area contributed by atoms with Gasteiger partial charge in [-0.05, 0) is 36.4 Å². The molecule has 2 rings (SSSR count). The SMILES string of the molecule is CC(=O)Oc1ccc(OC(=O)c2ccccc2)cc1. The molecule has 0 unspecified atom stereocenters. The number of rotatable bonds is 3. The van der Waals surface area contributed by atoms with Crippen molar-refractivity contribution in [1.82, 2.24) is 0 Å². The number of benzene rings is 2. The maximum absolute atomic E-state index is 11.8. The van der Waals surface area contributed by atoms with Crippen molar-refractivity contribution in [2.24, 2.45) is 0 Å². The van der Waals surface area contributed by atoms with E-state index in [4.69, 9.17) is 9.47 Å².